The summed E-state index contributed by atoms with van der Waals surface area (Å²) in [6.45, 7) is -0.291. The van der Waals surface area contributed by atoms with Gasteiger partial charge in [0.15, 0.2) is 0 Å². The molecular formula is C29H24O5. The van der Waals surface area contributed by atoms with Crippen molar-refractivity contribution < 1.29 is 24.1 Å². The van der Waals surface area contributed by atoms with Crippen molar-refractivity contribution >= 4 is 22.8 Å². The van der Waals surface area contributed by atoms with Crippen LogP contribution in [0, 0.1) is 0 Å². The average Bonchev–Trinajstić information content (AvgIpc) is 2.91. The summed E-state index contributed by atoms with van der Waals surface area (Å²) in [5.74, 6) is 0.918. The predicted octanol–water partition coefficient (Wildman–Crippen LogP) is 5.81. The van der Waals surface area contributed by atoms with E-state index in [1.165, 1.54) is 0 Å². The SMILES string of the molecule is COc1ccc(C2C=Cc3c(C(=O)OCCO)cc4cc(-c5ccccc5)ccc4c3O2)cc1. The fraction of sp³-hybridized carbons (Fsp3) is 0.138. The minimum Gasteiger partial charge on any atom is -0.497 e. The van der Waals surface area contributed by atoms with Gasteiger partial charge in [0.2, 0.25) is 0 Å². The molecule has 0 aliphatic carbocycles. The van der Waals surface area contributed by atoms with Crippen molar-refractivity contribution in [1.29, 1.82) is 0 Å². The molecule has 0 amide bonds. The highest BCUT2D eigenvalue weighted by molar-refractivity contribution is 6.04. The standard InChI is InChI=1S/C29H24O5/c1-32-23-10-7-20(8-11-23)27-14-13-25-26(29(31)33-16-15-30)18-22-17-21(19-5-3-2-4-6-19)9-12-24(22)28(25)34-27/h2-14,17-18,27,30H,15-16H2,1H3. The number of benzene rings is 4. The van der Waals surface area contributed by atoms with Crippen molar-refractivity contribution in [1.82, 2.24) is 0 Å². The lowest BCUT2D eigenvalue weighted by Gasteiger charge is -2.25. The summed E-state index contributed by atoms with van der Waals surface area (Å²) in [6, 6.07) is 25.8. The molecule has 0 spiro atoms. The summed E-state index contributed by atoms with van der Waals surface area (Å²) in [5.41, 5.74) is 4.19. The zero-order chi connectivity index (χ0) is 23.5. The quantitative estimate of drug-likeness (QED) is 0.374. The maximum atomic E-state index is 12.9. The number of carbonyl (C=O) groups is 1. The van der Waals surface area contributed by atoms with E-state index < -0.39 is 5.97 Å². The van der Waals surface area contributed by atoms with E-state index in [2.05, 4.69) is 24.3 Å². The Kier molecular flexibility index (Phi) is 6.02. The van der Waals surface area contributed by atoms with E-state index in [0.29, 0.717) is 16.9 Å². The van der Waals surface area contributed by atoms with Gasteiger partial charge in [0, 0.05) is 10.9 Å². The summed E-state index contributed by atoms with van der Waals surface area (Å²) in [4.78, 5) is 12.9. The van der Waals surface area contributed by atoms with Crippen molar-refractivity contribution in [3.63, 3.8) is 0 Å². The average molecular weight is 453 g/mol. The second-order valence-electron chi connectivity index (χ2n) is 8.00. The molecule has 1 aliphatic heterocycles. The topological polar surface area (TPSA) is 65.0 Å². The number of fused-ring (bicyclic) bond motifs is 3. The molecule has 170 valence electrons. The second kappa shape index (κ2) is 9.41. The van der Waals surface area contributed by atoms with Crippen LogP contribution < -0.4 is 9.47 Å². The number of methoxy groups -OCH3 is 1. The summed E-state index contributed by atoms with van der Waals surface area (Å²) in [7, 11) is 1.63. The Bertz CT molecular complexity index is 1360. The molecular weight excluding hydrogens is 428 g/mol. The molecule has 1 N–H and O–H groups in total. The van der Waals surface area contributed by atoms with Crippen LogP contribution in [0.4, 0.5) is 0 Å². The van der Waals surface area contributed by atoms with E-state index >= 15 is 0 Å². The van der Waals surface area contributed by atoms with Crippen molar-refractivity contribution in [3.05, 3.63) is 102 Å². The molecule has 5 rings (SSSR count). The predicted molar refractivity (Wildman–Crippen MR) is 132 cm³/mol. The van der Waals surface area contributed by atoms with E-state index in [-0.39, 0.29) is 19.3 Å². The van der Waals surface area contributed by atoms with Gasteiger partial charge in [-0.15, -0.1) is 0 Å². The number of carbonyl (C=O) groups excluding carboxylic acids is 1. The minimum atomic E-state index is -0.492. The van der Waals surface area contributed by atoms with Gasteiger partial charge in [0.05, 0.1) is 19.3 Å². The highest BCUT2D eigenvalue weighted by atomic mass is 16.5. The van der Waals surface area contributed by atoms with Crippen molar-refractivity contribution in [2.45, 2.75) is 6.10 Å². The van der Waals surface area contributed by atoms with Gasteiger partial charge < -0.3 is 19.3 Å². The monoisotopic (exact) mass is 452 g/mol. The Morgan fingerprint density at radius 2 is 1.76 bits per heavy atom. The fourth-order valence-corrected chi connectivity index (χ4v) is 4.20. The van der Waals surface area contributed by atoms with Gasteiger partial charge in [0.25, 0.3) is 0 Å². The van der Waals surface area contributed by atoms with Crippen LogP contribution in [0.5, 0.6) is 11.5 Å². The summed E-state index contributed by atoms with van der Waals surface area (Å²) >= 11 is 0. The molecule has 4 aromatic carbocycles. The molecule has 0 fully saturated rings. The molecule has 1 aliphatic rings. The van der Waals surface area contributed by atoms with Crippen LogP contribution in [-0.4, -0.2) is 31.4 Å². The lowest BCUT2D eigenvalue weighted by atomic mass is 9.93. The Hall–Kier alpha value is -4.09. The number of aliphatic hydroxyl groups excluding tert-OH is 1. The maximum Gasteiger partial charge on any atom is 0.338 e. The van der Waals surface area contributed by atoms with Crippen LogP contribution in [0.15, 0.2) is 84.9 Å². The van der Waals surface area contributed by atoms with Crippen LogP contribution in [-0.2, 0) is 4.74 Å². The summed E-state index contributed by atoms with van der Waals surface area (Å²) in [6.07, 6.45) is 3.53. The maximum absolute atomic E-state index is 12.9. The number of esters is 1. The number of ether oxygens (including phenoxy) is 3. The molecule has 5 nitrogen and oxygen atoms in total. The van der Waals surface area contributed by atoms with Gasteiger partial charge in [-0.1, -0.05) is 60.7 Å². The van der Waals surface area contributed by atoms with Crippen LogP contribution in [0.2, 0.25) is 0 Å². The second-order valence-corrected chi connectivity index (χ2v) is 8.00. The molecule has 5 heteroatoms. The van der Waals surface area contributed by atoms with Crippen LogP contribution in [0.3, 0.4) is 0 Å². The molecule has 4 aromatic rings. The highest BCUT2D eigenvalue weighted by Crippen LogP contribution is 2.42. The third-order valence-corrected chi connectivity index (χ3v) is 5.91. The molecule has 0 saturated carbocycles. The zero-order valence-corrected chi connectivity index (χ0v) is 18.7. The fourth-order valence-electron chi connectivity index (χ4n) is 4.20. The Balaban J connectivity index is 1.62. The third kappa shape index (κ3) is 4.14. The molecule has 1 atom stereocenters. The first kappa shape index (κ1) is 21.7. The van der Waals surface area contributed by atoms with Crippen molar-refractivity contribution in [2.24, 2.45) is 0 Å². The van der Waals surface area contributed by atoms with Gasteiger partial charge >= 0.3 is 5.97 Å². The Labute approximate surface area is 197 Å². The van der Waals surface area contributed by atoms with Crippen LogP contribution in [0.1, 0.15) is 27.6 Å². The minimum absolute atomic E-state index is 0.0608. The van der Waals surface area contributed by atoms with E-state index in [0.717, 1.165) is 33.2 Å². The molecule has 0 aromatic heterocycles. The largest absolute Gasteiger partial charge is 0.497 e. The summed E-state index contributed by atoms with van der Waals surface area (Å²) < 4.78 is 17.0. The van der Waals surface area contributed by atoms with Crippen LogP contribution >= 0.6 is 0 Å². The van der Waals surface area contributed by atoms with Gasteiger partial charge in [-0.2, -0.15) is 0 Å². The number of hydrogen-bond donors (Lipinski definition) is 1. The first-order valence-electron chi connectivity index (χ1n) is 11.1. The smallest absolute Gasteiger partial charge is 0.338 e. The van der Waals surface area contributed by atoms with E-state index in [4.69, 9.17) is 19.3 Å². The Morgan fingerprint density at radius 3 is 2.50 bits per heavy atom. The Morgan fingerprint density at radius 1 is 0.971 bits per heavy atom. The lowest BCUT2D eigenvalue weighted by molar-refractivity contribution is 0.0433. The number of rotatable bonds is 6. The molecule has 0 bridgehead atoms. The van der Waals surface area contributed by atoms with Gasteiger partial charge in [0.1, 0.15) is 24.2 Å². The lowest BCUT2D eigenvalue weighted by Crippen LogP contribution is -2.15. The third-order valence-electron chi connectivity index (χ3n) is 5.91. The number of aliphatic hydroxyl groups is 1. The van der Waals surface area contributed by atoms with E-state index in [1.54, 1.807) is 7.11 Å². The van der Waals surface area contributed by atoms with E-state index in [9.17, 15) is 4.79 Å². The summed E-state index contributed by atoms with van der Waals surface area (Å²) in [5, 5.41) is 10.9. The molecule has 34 heavy (non-hydrogen) atoms. The first-order chi connectivity index (χ1) is 16.7. The highest BCUT2D eigenvalue weighted by Gasteiger charge is 2.25. The molecule has 1 unspecified atom stereocenters. The van der Waals surface area contributed by atoms with Crippen molar-refractivity contribution in [2.75, 3.05) is 20.3 Å². The van der Waals surface area contributed by atoms with E-state index in [1.807, 2.05) is 66.7 Å². The molecule has 1 heterocycles. The van der Waals surface area contributed by atoms with Crippen LogP contribution in [0.25, 0.3) is 28.0 Å². The van der Waals surface area contributed by atoms with Crippen molar-refractivity contribution in [3.8, 4) is 22.6 Å². The zero-order valence-electron chi connectivity index (χ0n) is 18.7. The number of hydrogen-bond acceptors (Lipinski definition) is 5. The first-order valence-corrected chi connectivity index (χ1v) is 11.1. The van der Waals surface area contributed by atoms with Gasteiger partial charge in [-0.25, -0.2) is 4.79 Å². The van der Waals surface area contributed by atoms with Gasteiger partial charge in [-0.05, 0) is 52.4 Å². The molecule has 0 saturated heterocycles. The molecule has 0 radical (unpaired) electrons. The normalized spacial score (nSPS) is 14.4. The van der Waals surface area contributed by atoms with Gasteiger partial charge in [-0.3, -0.25) is 0 Å².